The van der Waals surface area contributed by atoms with Gasteiger partial charge in [-0.3, -0.25) is 0 Å². The van der Waals surface area contributed by atoms with Crippen LogP contribution in [0, 0.1) is 11.3 Å². The Morgan fingerprint density at radius 2 is 2.12 bits per heavy atom. The largest absolute Gasteiger partial charge is 0.444 e. The molecule has 0 N–H and O–H groups in total. The van der Waals surface area contributed by atoms with E-state index >= 15 is 0 Å². The van der Waals surface area contributed by atoms with Gasteiger partial charge in [0.25, 0.3) is 0 Å². The van der Waals surface area contributed by atoms with Crippen molar-refractivity contribution < 1.29 is 9.53 Å². The lowest BCUT2D eigenvalue weighted by atomic mass is 10.1. The topological polar surface area (TPSA) is 53.3 Å². The first-order valence-electron chi connectivity index (χ1n) is 5.98. The Labute approximate surface area is 103 Å². The maximum absolute atomic E-state index is 11.9. The van der Waals surface area contributed by atoms with Crippen LogP contribution in [0.4, 0.5) is 4.79 Å². The minimum Gasteiger partial charge on any atom is -0.444 e. The van der Waals surface area contributed by atoms with Crippen LogP contribution < -0.4 is 0 Å². The van der Waals surface area contributed by atoms with Crippen molar-refractivity contribution in [3.8, 4) is 6.07 Å². The fourth-order valence-corrected chi connectivity index (χ4v) is 1.76. The summed E-state index contributed by atoms with van der Waals surface area (Å²) < 4.78 is 5.33. The standard InChI is InChI=1S/C13H20N2O2/c1-13(2,3)17-12(16)15-9-4-5-11(6-8-14)7-10-15/h6H,4-5,7,9-10H2,1-3H3/b11-6-. The van der Waals surface area contributed by atoms with Crippen LogP contribution in [0.25, 0.3) is 0 Å². The highest BCUT2D eigenvalue weighted by atomic mass is 16.6. The minimum absolute atomic E-state index is 0.254. The van der Waals surface area contributed by atoms with Gasteiger partial charge in [0.1, 0.15) is 5.60 Å². The number of hydrogen-bond donors (Lipinski definition) is 0. The number of nitrogens with zero attached hydrogens (tertiary/aromatic N) is 2. The van der Waals surface area contributed by atoms with Gasteiger partial charge in [0, 0.05) is 19.2 Å². The number of likely N-dealkylation sites (tertiary alicyclic amines) is 1. The second-order valence-electron chi connectivity index (χ2n) is 5.25. The average molecular weight is 236 g/mol. The van der Waals surface area contributed by atoms with Gasteiger partial charge >= 0.3 is 6.09 Å². The molecule has 1 fully saturated rings. The van der Waals surface area contributed by atoms with Gasteiger partial charge in [0.05, 0.1) is 6.07 Å². The first-order valence-corrected chi connectivity index (χ1v) is 5.98. The van der Waals surface area contributed by atoms with Gasteiger partial charge < -0.3 is 9.64 Å². The van der Waals surface area contributed by atoms with Crippen molar-refractivity contribution in [2.45, 2.75) is 45.6 Å². The molecular weight excluding hydrogens is 216 g/mol. The first kappa shape index (κ1) is 13.6. The Kier molecular flexibility index (Phi) is 4.56. The van der Waals surface area contributed by atoms with E-state index in [-0.39, 0.29) is 6.09 Å². The zero-order valence-corrected chi connectivity index (χ0v) is 10.8. The number of allylic oxidation sites excluding steroid dienone is 1. The molecule has 0 unspecified atom stereocenters. The maximum Gasteiger partial charge on any atom is 0.410 e. The number of carbonyl (C=O) groups excluding carboxylic acids is 1. The number of ether oxygens (including phenoxy) is 1. The van der Waals surface area contributed by atoms with Crippen molar-refractivity contribution in [1.82, 2.24) is 4.90 Å². The van der Waals surface area contributed by atoms with E-state index in [0.717, 1.165) is 24.8 Å². The summed E-state index contributed by atoms with van der Waals surface area (Å²) in [5.41, 5.74) is 0.674. The summed E-state index contributed by atoms with van der Waals surface area (Å²) in [6, 6.07) is 2.05. The molecule has 0 radical (unpaired) electrons. The zero-order valence-electron chi connectivity index (χ0n) is 10.8. The second kappa shape index (κ2) is 5.72. The van der Waals surface area contributed by atoms with E-state index in [1.807, 2.05) is 20.8 Å². The molecule has 1 aliphatic heterocycles. The highest BCUT2D eigenvalue weighted by Crippen LogP contribution is 2.18. The molecule has 1 aliphatic rings. The number of carbonyl (C=O) groups is 1. The summed E-state index contributed by atoms with van der Waals surface area (Å²) in [5.74, 6) is 0. The second-order valence-corrected chi connectivity index (χ2v) is 5.25. The van der Waals surface area contributed by atoms with Crippen molar-refractivity contribution in [2.75, 3.05) is 13.1 Å². The molecule has 4 heteroatoms. The Balaban J connectivity index is 2.55. The SMILES string of the molecule is CC(C)(C)OC(=O)N1CCC/C(=C/C#N)CC1. The molecular formula is C13H20N2O2. The lowest BCUT2D eigenvalue weighted by molar-refractivity contribution is 0.0258. The third-order valence-electron chi connectivity index (χ3n) is 2.55. The van der Waals surface area contributed by atoms with Crippen LogP contribution in [0.15, 0.2) is 11.6 Å². The zero-order chi connectivity index (χ0) is 12.9. The van der Waals surface area contributed by atoms with Gasteiger partial charge in [0.2, 0.25) is 0 Å². The predicted octanol–water partition coefficient (Wildman–Crippen LogP) is 2.86. The van der Waals surface area contributed by atoms with Crippen LogP contribution in [0.5, 0.6) is 0 Å². The number of nitriles is 1. The fourth-order valence-electron chi connectivity index (χ4n) is 1.76. The molecule has 4 nitrogen and oxygen atoms in total. The van der Waals surface area contributed by atoms with Crippen molar-refractivity contribution in [3.05, 3.63) is 11.6 Å². The summed E-state index contributed by atoms with van der Waals surface area (Å²) >= 11 is 0. The molecule has 0 aromatic heterocycles. The van der Waals surface area contributed by atoms with Gasteiger partial charge in [-0.25, -0.2) is 4.79 Å². The van der Waals surface area contributed by atoms with Gasteiger partial charge in [-0.05, 0) is 40.0 Å². The molecule has 0 aliphatic carbocycles. The van der Waals surface area contributed by atoms with E-state index < -0.39 is 5.60 Å². The molecule has 94 valence electrons. The van der Waals surface area contributed by atoms with E-state index in [9.17, 15) is 4.79 Å². The van der Waals surface area contributed by atoms with Crippen LogP contribution in [0.2, 0.25) is 0 Å². The van der Waals surface area contributed by atoms with Gasteiger partial charge in [-0.1, -0.05) is 5.57 Å². The van der Waals surface area contributed by atoms with Crippen LogP contribution in [0.1, 0.15) is 40.0 Å². The van der Waals surface area contributed by atoms with Crippen molar-refractivity contribution in [2.24, 2.45) is 0 Å². The predicted molar refractivity (Wildman–Crippen MR) is 65.4 cm³/mol. The van der Waals surface area contributed by atoms with Crippen molar-refractivity contribution in [3.63, 3.8) is 0 Å². The van der Waals surface area contributed by atoms with E-state index in [4.69, 9.17) is 10.00 Å². The monoisotopic (exact) mass is 236 g/mol. The normalized spacial score (nSPS) is 19.6. The van der Waals surface area contributed by atoms with E-state index in [1.165, 1.54) is 0 Å². The van der Waals surface area contributed by atoms with Gasteiger partial charge in [-0.2, -0.15) is 5.26 Å². The van der Waals surface area contributed by atoms with E-state index in [1.54, 1.807) is 11.0 Å². The molecule has 0 spiro atoms. The number of amides is 1. The highest BCUT2D eigenvalue weighted by molar-refractivity contribution is 5.68. The van der Waals surface area contributed by atoms with Gasteiger partial charge in [-0.15, -0.1) is 0 Å². The molecule has 0 saturated carbocycles. The van der Waals surface area contributed by atoms with Crippen LogP contribution in [0.3, 0.4) is 0 Å². The van der Waals surface area contributed by atoms with Crippen molar-refractivity contribution in [1.29, 1.82) is 5.26 Å². The maximum atomic E-state index is 11.9. The summed E-state index contributed by atoms with van der Waals surface area (Å²) in [6.07, 6.45) is 3.90. The molecule has 1 rings (SSSR count). The number of rotatable bonds is 0. The molecule has 0 atom stereocenters. The lowest BCUT2D eigenvalue weighted by Crippen LogP contribution is -2.37. The van der Waals surface area contributed by atoms with E-state index in [2.05, 4.69) is 6.07 Å². The Morgan fingerprint density at radius 1 is 1.41 bits per heavy atom. The fraction of sp³-hybridized carbons (Fsp3) is 0.692. The third-order valence-corrected chi connectivity index (χ3v) is 2.55. The summed E-state index contributed by atoms with van der Waals surface area (Å²) in [6.45, 7) is 6.94. The molecule has 0 aromatic carbocycles. The van der Waals surface area contributed by atoms with Gasteiger partial charge in [0.15, 0.2) is 0 Å². The van der Waals surface area contributed by atoms with E-state index in [0.29, 0.717) is 13.1 Å². The molecule has 1 saturated heterocycles. The molecule has 1 heterocycles. The van der Waals surface area contributed by atoms with Crippen molar-refractivity contribution >= 4 is 6.09 Å². The molecule has 17 heavy (non-hydrogen) atoms. The smallest absolute Gasteiger partial charge is 0.410 e. The Hall–Kier alpha value is -1.50. The Bertz CT molecular complexity index is 347. The molecule has 0 bridgehead atoms. The van der Waals surface area contributed by atoms with Crippen LogP contribution in [-0.4, -0.2) is 29.7 Å². The highest BCUT2D eigenvalue weighted by Gasteiger charge is 2.23. The summed E-state index contributed by atoms with van der Waals surface area (Å²) in [4.78, 5) is 13.6. The lowest BCUT2D eigenvalue weighted by Gasteiger charge is -2.26. The van der Waals surface area contributed by atoms with Crippen LogP contribution >= 0.6 is 0 Å². The molecule has 0 aromatic rings. The first-order chi connectivity index (χ1) is 7.92. The quantitative estimate of drug-likeness (QED) is 0.608. The third kappa shape index (κ3) is 4.90. The molecule has 1 amide bonds. The minimum atomic E-state index is -0.450. The Morgan fingerprint density at radius 3 is 2.71 bits per heavy atom. The summed E-state index contributed by atoms with van der Waals surface area (Å²) in [7, 11) is 0. The summed E-state index contributed by atoms with van der Waals surface area (Å²) in [5, 5.41) is 8.61. The average Bonchev–Trinajstić information content (AvgIpc) is 2.41. The van der Waals surface area contributed by atoms with Crippen LogP contribution in [-0.2, 0) is 4.74 Å². The number of hydrogen-bond acceptors (Lipinski definition) is 3.